The summed E-state index contributed by atoms with van der Waals surface area (Å²) in [5, 5.41) is 5.02. The molecular weight excluding hydrogens is 302 g/mol. The number of nitrogens with zero attached hydrogens (tertiary/aromatic N) is 3. The number of nitrogens with two attached hydrogens (primary N) is 1. The number of fused-ring (bicyclic) bond motifs is 1. The van der Waals surface area contributed by atoms with E-state index < -0.39 is 10.0 Å². The van der Waals surface area contributed by atoms with Crippen LogP contribution < -0.4 is 10.5 Å². The largest absolute Gasteiger partial charge is 0.330 e. The summed E-state index contributed by atoms with van der Waals surface area (Å²) in [5.74, 6) is 0.214. The van der Waals surface area contributed by atoms with Crippen LogP contribution in [0.4, 0.5) is 0 Å². The van der Waals surface area contributed by atoms with E-state index in [1.807, 2.05) is 6.92 Å². The fraction of sp³-hybridized carbons (Fsp3) is 0.571. The van der Waals surface area contributed by atoms with Crippen LogP contribution in [0.3, 0.4) is 0 Å². The molecule has 0 saturated heterocycles. The van der Waals surface area contributed by atoms with E-state index in [0.717, 1.165) is 30.3 Å². The second-order valence-corrected chi connectivity index (χ2v) is 7.62. The van der Waals surface area contributed by atoms with Crippen molar-refractivity contribution in [2.75, 3.05) is 6.54 Å². The summed E-state index contributed by atoms with van der Waals surface area (Å²) in [4.78, 5) is 4.42. The van der Waals surface area contributed by atoms with Crippen LogP contribution in [-0.4, -0.2) is 35.8 Å². The molecule has 120 valence electrons. The first-order valence-corrected chi connectivity index (χ1v) is 8.92. The minimum atomic E-state index is -3.59. The summed E-state index contributed by atoms with van der Waals surface area (Å²) in [7, 11) is -1.80. The highest BCUT2D eigenvalue weighted by Crippen LogP contribution is 2.27. The number of aromatic nitrogens is 3. The van der Waals surface area contributed by atoms with E-state index in [-0.39, 0.29) is 16.9 Å². The highest BCUT2D eigenvalue weighted by atomic mass is 32.2. The van der Waals surface area contributed by atoms with Gasteiger partial charge in [0.25, 0.3) is 0 Å². The fourth-order valence-electron chi connectivity index (χ4n) is 3.18. The molecule has 1 aliphatic carbocycles. The van der Waals surface area contributed by atoms with Crippen molar-refractivity contribution in [3.8, 4) is 0 Å². The second kappa shape index (κ2) is 5.60. The summed E-state index contributed by atoms with van der Waals surface area (Å²) in [5.41, 5.74) is 7.16. The van der Waals surface area contributed by atoms with Crippen molar-refractivity contribution in [3.63, 3.8) is 0 Å². The van der Waals surface area contributed by atoms with Gasteiger partial charge >= 0.3 is 0 Å². The van der Waals surface area contributed by atoms with E-state index in [1.165, 1.54) is 6.20 Å². The number of hydrogen-bond acceptors (Lipinski definition) is 5. The molecular formula is C14H21N5O2S. The van der Waals surface area contributed by atoms with E-state index in [9.17, 15) is 8.42 Å². The fourth-order valence-corrected chi connectivity index (χ4v) is 4.49. The van der Waals surface area contributed by atoms with Crippen LogP contribution in [0.25, 0.3) is 11.0 Å². The molecule has 0 spiro atoms. The van der Waals surface area contributed by atoms with Gasteiger partial charge in [0.2, 0.25) is 10.0 Å². The lowest BCUT2D eigenvalue weighted by Gasteiger charge is -2.19. The average Bonchev–Trinajstić information content (AvgIpc) is 3.03. The number of hydrogen-bond donors (Lipinski definition) is 2. The minimum absolute atomic E-state index is 0.0827. The Labute approximate surface area is 130 Å². The van der Waals surface area contributed by atoms with Crippen LogP contribution in [0.2, 0.25) is 0 Å². The van der Waals surface area contributed by atoms with E-state index >= 15 is 0 Å². The number of pyridine rings is 1. The molecule has 3 rings (SSSR count). The van der Waals surface area contributed by atoms with Gasteiger partial charge < -0.3 is 5.73 Å². The summed E-state index contributed by atoms with van der Waals surface area (Å²) >= 11 is 0. The molecule has 2 atom stereocenters. The first-order chi connectivity index (χ1) is 10.4. The Morgan fingerprint density at radius 2 is 2.23 bits per heavy atom. The van der Waals surface area contributed by atoms with Crippen molar-refractivity contribution >= 4 is 21.1 Å². The summed E-state index contributed by atoms with van der Waals surface area (Å²) < 4.78 is 29.6. The van der Waals surface area contributed by atoms with Gasteiger partial charge in [-0.05, 0) is 38.3 Å². The second-order valence-electron chi connectivity index (χ2n) is 5.91. The highest BCUT2D eigenvalue weighted by Gasteiger charge is 2.30. The van der Waals surface area contributed by atoms with E-state index in [0.29, 0.717) is 12.2 Å². The molecule has 1 saturated carbocycles. The zero-order valence-corrected chi connectivity index (χ0v) is 13.6. The quantitative estimate of drug-likeness (QED) is 0.861. The lowest BCUT2D eigenvalue weighted by atomic mass is 10.1. The third kappa shape index (κ3) is 2.62. The maximum Gasteiger partial charge on any atom is 0.242 e. The van der Waals surface area contributed by atoms with Crippen LogP contribution in [0.1, 0.15) is 25.0 Å². The predicted molar refractivity (Wildman–Crippen MR) is 83.8 cm³/mol. The van der Waals surface area contributed by atoms with Gasteiger partial charge in [-0.1, -0.05) is 6.42 Å². The molecule has 0 aliphatic heterocycles. The van der Waals surface area contributed by atoms with Gasteiger partial charge in [0.15, 0.2) is 5.65 Å². The third-order valence-electron chi connectivity index (χ3n) is 4.42. The van der Waals surface area contributed by atoms with Gasteiger partial charge in [0.05, 0.1) is 5.69 Å². The van der Waals surface area contributed by atoms with Gasteiger partial charge in [0.1, 0.15) is 4.90 Å². The van der Waals surface area contributed by atoms with Crippen LogP contribution in [0, 0.1) is 12.8 Å². The van der Waals surface area contributed by atoms with Crippen molar-refractivity contribution in [1.29, 1.82) is 0 Å². The maximum absolute atomic E-state index is 12.6. The molecule has 22 heavy (non-hydrogen) atoms. The Morgan fingerprint density at radius 1 is 1.45 bits per heavy atom. The SMILES string of the molecule is Cc1nn(C)c2ncc(S(=O)(=O)NC3CCCC3CN)cc12. The van der Waals surface area contributed by atoms with Gasteiger partial charge in [-0.3, -0.25) is 4.68 Å². The van der Waals surface area contributed by atoms with Crippen molar-refractivity contribution < 1.29 is 8.42 Å². The van der Waals surface area contributed by atoms with Crippen LogP contribution in [-0.2, 0) is 17.1 Å². The molecule has 2 aromatic rings. The molecule has 7 nitrogen and oxygen atoms in total. The Bertz CT molecular complexity index is 799. The van der Waals surface area contributed by atoms with Crippen molar-refractivity contribution in [2.45, 2.75) is 37.1 Å². The number of sulfonamides is 1. The molecule has 0 amide bonds. The Morgan fingerprint density at radius 3 is 2.95 bits per heavy atom. The molecule has 1 aliphatic rings. The Hall–Kier alpha value is -1.51. The molecule has 2 heterocycles. The Kier molecular flexibility index (Phi) is 3.92. The maximum atomic E-state index is 12.6. The van der Waals surface area contributed by atoms with Gasteiger partial charge in [-0.2, -0.15) is 5.10 Å². The monoisotopic (exact) mass is 323 g/mol. The summed E-state index contributed by atoms with van der Waals surface area (Å²) in [6.07, 6.45) is 4.21. The van der Waals surface area contributed by atoms with Crippen molar-refractivity contribution in [2.24, 2.45) is 18.7 Å². The standard InChI is InChI=1S/C14H21N5O2S/c1-9-12-6-11(8-16-14(12)19(2)17-9)22(20,21)18-13-5-3-4-10(13)7-15/h6,8,10,13,18H,3-5,7,15H2,1-2H3. The predicted octanol–water partition coefficient (Wildman–Crippen LogP) is 0.682. The zero-order chi connectivity index (χ0) is 15.9. The number of aryl methyl sites for hydroxylation is 2. The minimum Gasteiger partial charge on any atom is -0.330 e. The third-order valence-corrected chi connectivity index (χ3v) is 5.87. The van der Waals surface area contributed by atoms with Crippen LogP contribution in [0.15, 0.2) is 17.2 Å². The van der Waals surface area contributed by atoms with Crippen molar-refractivity contribution in [3.05, 3.63) is 18.0 Å². The molecule has 3 N–H and O–H groups in total. The zero-order valence-electron chi connectivity index (χ0n) is 12.8. The molecule has 2 aromatic heterocycles. The molecule has 1 fully saturated rings. The summed E-state index contributed by atoms with van der Waals surface area (Å²) in [6, 6.07) is 1.56. The van der Waals surface area contributed by atoms with E-state index in [2.05, 4.69) is 14.8 Å². The lowest BCUT2D eigenvalue weighted by Crippen LogP contribution is -2.39. The number of rotatable bonds is 4. The number of nitrogens with one attached hydrogen (secondary N) is 1. The van der Waals surface area contributed by atoms with Gasteiger partial charge in [-0.25, -0.2) is 18.1 Å². The highest BCUT2D eigenvalue weighted by molar-refractivity contribution is 7.89. The lowest BCUT2D eigenvalue weighted by molar-refractivity contribution is 0.453. The van der Waals surface area contributed by atoms with E-state index in [4.69, 9.17) is 5.73 Å². The molecule has 0 aromatic carbocycles. The first-order valence-electron chi connectivity index (χ1n) is 7.44. The first kappa shape index (κ1) is 15.4. The normalized spacial score (nSPS) is 22.5. The van der Waals surface area contributed by atoms with E-state index in [1.54, 1.807) is 17.8 Å². The summed E-state index contributed by atoms with van der Waals surface area (Å²) in [6.45, 7) is 2.35. The van der Waals surface area contributed by atoms with Gasteiger partial charge in [0, 0.05) is 24.7 Å². The molecule has 2 unspecified atom stereocenters. The van der Waals surface area contributed by atoms with Crippen LogP contribution >= 0.6 is 0 Å². The topological polar surface area (TPSA) is 103 Å². The van der Waals surface area contributed by atoms with Gasteiger partial charge in [-0.15, -0.1) is 0 Å². The van der Waals surface area contributed by atoms with Crippen molar-refractivity contribution in [1.82, 2.24) is 19.5 Å². The Balaban J connectivity index is 1.93. The van der Waals surface area contributed by atoms with Crippen LogP contribution in [0.5, 0.6) is 0 Å². The average molecular weight is 323 g/mol. The molecule has 0 radical (unpaired) electrons. The molecule has 8 heteroatoms. The molecule has 0 bridgehead atoms. The smallest absolute Gasteiger partial charge is 0.242 e.